The van der Waals surface area contributed by atoms with Gasteiger partial charge in [-0.05, 0) is 36.7 Å². The van der Waals surface area contributed by atoms with Crippen molar-refractivity contribution in [2.45, 2.75) is 12.7 Å². The largest absolute Gasteiger partial charge is 0.497 e. The molecule has 0 fully saturated rings. The van der Waals surface area contributed by atoms with Crippen LogP contribution in [0.4, 0.5) is 0 Å². The first-order valence-corrected chi connectivity index (χ1v) is 6.59. The Morgan fingerprint density at radius 3 is 2.56 bits per heavy atom. The van der Waals surface area contributed by atoms with Crippen LogP contribution in [0.5, 0.6) is 5.75 Å². The predicted molar refractivity (Wildman–Crippen MR) is 75.1 cm³/mol. The van der Waals surface area contributed by atoms with Crippen molar-refractivity contribution < 1.29 is 14.2 Å². The first-order valence-electron chi connectivity index (χ1n) is 5.80. The van der Waals surface area contributed by atoms with Gasteiger partial charge in [0.2, 0.25) is 0 Å². The normalized spacial score (nSPS) is 10.9. The summed E-state index contributed by atoms with van der Waals surface area (Å²) in [5.74, 6) is 0.875. The van der Waals surface area contributed by atoms with Gasteiger partial charge in [-0.2, -0.15) is 0 Å². The van der Waals surface area contributed by atoms with E-state index in [0.29, 0.717) is 6.54 Å². The van der Waals surface area contributed by atoms with E-state index in [4.69, 9.17) is 14.2 Å². The summed E-state index contributed by atoms with van der Waals surface area (Å²) in [5, 5.41) is 3.29. The number of benzene rings is 1. The van der Waals surface area contributed by atoms with Crippen LogP contribution in [0.1, 0.15) is 5.56 Å². The van der Waals surface area contributed by atoms with E-state index in [9.17, 15) is 0 Å². The number of ether oxygens (including phenoxy) is 3. The fraction of sp³-hybridized carbons (Fsp3) is 0.538. The van der Waals surface area contributed by atoms with Crippen LogP contribution in [-0.2, 0) is 15.9 Å². The van der Waals surface area contributed by atoms with Gasteiger partial charge in [-0.3, -0.25) is 0 Å². The summed E-state index contributed by atoms with van der Waals surface area (Å²) in [6, 6.07) is 5.98. The molecule has 18 heavy (non-hydrogen) atoms. The summed E-state index contributed by atoms with van der Waals surface area (Å²) in [6.07, 6.45) is 0.719. The Labute approximate surface area is 117 Å². The maximum atomic E-state index is 5.21. The maximum absolute atomic E-state index is 5.21. The van der Waals surface area contributed by atoms with E-state index >= 15 is 0 Å². The molecule has 0 saturated carbocycles. The van der Waals surface area contributed by atoms with Gasteiger partial charge in [0, 0.05) is 25.2 Å². The van der Waals surface area contributed by atoms with Gasteiger partial charge in [-0.25, -0.2) is 0 Å². The van der Waals surface area contributed by atoms with Crippen LogP contribution in [0.3, 0.4) is 0 Å². The Kier molecular flexibility index (Phi) is 7.27. The number of hydrogen-bond donors (Lipinski definition) is 1. The molecule has 1 N–H and O–H groups in total. The third kappa shape index (κ3) is 4.94. The van der Waals surface area contributed by atoms with E-state index in [1.54, 1.807) is 21.3 Å². The smallest absolute Gasteiger partial charge is 0.169 e. The van der Waals surface area contributed by atoms with E-state index in [2.05, 4.69) is 21.2 Å². The SMILES string of the molecule is COc1ccc(Br)c(CCNCC(OC)OC)c1. The fourth-order valence-electron chi connectivity index (χ4n) is 1.58. The van der Waals surface area contributed by atoms with Crippen molar-refractivity contribution in [3.05, 3.63) is 28.2 Å². The lowest BCUT2D eigenvalue weighted by atomic mass is 10.1. The van der Waals surface area contributed by atoms with Crippen LogP contribution in [0, 0.1) is 0 Å². The topological polar surface area (TPSA) is 39.7 Å². The van der Waals surface area contributed by atoms with Crippen molar-refractivity contribution in [3.8, 4) is 5.75 Å². The Hall–Kier alpha value is -0.620. The zero-order valence-electron chi connectivity index (χ0n) is 11.0. The van der Waals surface area contributed by atoms with Crippen LogP contribution in [0.2, 0.25) is 0 Å². The van der Waals surface area contributed by atoms with Crippen LogP contribution >= 0.6 is 15.9 Å². The minimum atomic E-state index is -0.196. The number of nitrogens with one attached hydrogen (secondary N) is 1. The molecule has 0 aliphatic heterocycles. The number of methoxy groups -OCH3 is 3. The molecule has 0 aromatic heterocycles. The van der Waals surface area contributed by atoms with Crippen molar-refractivity contribution in [1.29, 1.82) is 0 Å². The van der Waals surface area contributed by atoms with Crippen molar-refractivity contribution >= 4 is 15.9 Å². The lowest BCUT2D eigenvalue weighted by Gasteiger charge is -2.14. The van der Waals surface area contributed by atoms with E-state index in [0.717, 1.165) is 23.2 Å². The standard InChI is InChI=1S/C13H20BrNO3/c1-16-11-4-5-12(14)10(8-11)6-7-15-9-13(17-2)18-3/h4-5,8,13,15H,6-7,9H2,1-3H3. The van der Waals surface area contributed by atoms with Gasteiger partial charge in [-0.1, -0.05) is 15.9 Å². The molecule has 0 saturated heterocycles. The molecule has 4 nitrogen and oxygen atoms in total. The zero-order chi connectivity index (χ0) is 13.4. The Balaban J connectivity index is 2.39. The zero-order valence-corrected chi connectivity index (χ0v) is 12.6. The molecule has 0 unspecified atom stereocenters. The number of rotatable bonds is 8. The predicted octanol–water partition coefficient (Wildman–Crippen LogP) is 2.21. The minimum absolute atomic E-state index is 0.196. The summed E-state index contributed by atoms with van der Waals surface area (Å²) >= 11 is 3.54. The Bertz CT molecular complexity index is 356. The third-order valence-corrected chi connectivity index (χ3v) is 3.43. The summed E-state index contributed by atoms with van der Waals surface area (Å²) in [6.45, 7) is 1.53. The van der Waals surface area contributed by atoms with Gasteiger partial charge >= 0.3 is 0 Å². The lowest BCUT2D eigenvalue weighted by Crippen LogP contribution is -2.31. The highest BCUT2D eigenvalue weighted by Crippen LogP contribution is 2.22. The second-order valence-corrected chi connectivity index (χ2v) is 4.67. The highest BCUT2D eigenvalue weighted by Gasteiger charge is 2.05. The van der Waals surface area contributed by atoms with Gasteiger partial charge in [-0.15, -0.1) is 0 Å². The highest BCUT2D eigenvalue weighted by molar-refractivity contribution is 9.10. The highest BCUT2D eigenvalue weighted by atomic mass is 79.9. The van der Waals surface area contributed by atoms with Crippen molar-refractivity contribution in [1.82, 2.24) is 5.32 Å². The molecule has 0 radical (unpaired) electrons. The molecule has 0 aliphatic rings. The molecule has 0 aliphatic carbocycles. The quantitative estimate of drug-likeness (QED) is 0.589. The van der Waals surface area contributed by atoms with Crippen molar-refractivity contribution in [3.63, 3.8) is 0 Å². The lowest BCUT2D eigenvalue weighted by molar-refractivity contribution is -0.0986. The number of hydrogen-bond acceptors (Lipinski definition) is 4. The minimum Gasteiger partial charge on any atom is -0.497 e. The maximum Gasteiger partial charge on any atom is 0.169 e. The second kappa shape index (κ2) is 8.48. The molecular weight excluding hydrogens is 298 g/mol. The second-order valence-electron chi connectivity index (χ2n) is 3.81. The molecule has 0 heterocycles. The average molecular weight is 318 g/mol. The van der Waals surface area contributed by atoms with Crippen LogP contribution < -0.4 is 10.1 Å². The summed E-state index contributed by atoms with van der Waals surface area (Å²) in [5.41, 5.74) is 1.22. The van der Waals surface area contributed by atoms with Gasteiger partial charge in [0.15, 0.2) is 6.29 Å². The van der Waals surface area contributed by atoms with E-state index in [-0.39, 0.29) is 6.29 Å². The first kappa shape index (κ1) is 15.4. The molecule has 1 aromatic carbocycles. The van der Waals surface area contributed by atoms with Gasteiger partial charge in [0.25, 0.3) is 0 Å². The number of halogens is 1. The molecule has 0 atom stereocenters. The third-order valence-electron chi connectivity index (χ3n) is 2.66. The van der Waals surface area contributed by atoms with Crippen LogP contribution in [0.15, 0.2) is 22.7 Å². The fourth-order valence-corrected chi connectivity index (χ4v) is 2.02. The monoisotopic (exact) mass is 317 g/mol. The van der Waals surface area contributed by atoms with Gasteiger partial charge in [0.1, 0.15) is 5.75 Å². The molecule has 102 valence electrons. The van der Waals surface area contributed by atoms with Gasteiger partial charge < -0.3 is 19.5 Å². The molecule has 0 amide bonds. The molecule has 0 spiro atoms. The summed E-state index contributed by atoms with van der Waals surface area (Å²) in [7, 11) is 4.94. The van der Waals surface area contributed by atoms with Crippen LogP contribution in [-0.4, -0.2) is 40.7 Å². The van der Waals surface area contributed by atoms with Crippen molar-refractivity contribution in [2.75, 3.05) is 34.4 Å². The average Bonchev–Trinajstić information content (AvgIpc) is 2.41. The van der Waals surface area contributed by atoms with Gasteiger partial charge in [0.05, 0.1) is 7.11 Å². The van der Waals surface area contributed by atoms with E-state index < -0.39 is 0 Å². The molecule has 1 aromatic rings. The van der Waals surface area contributed by atoms with E-state index in [1.807, 2.05) is 18.2 Å². The van der Waals surface area contributed by atoms with Crippen molar-refractivity contribution in [2.24, 2.45) is 0 Å². The van der Waals surface area contributed by atoms with E-state index in [1.165, 1.54) is 5.56 Å². The first-order chi connectivity index (χ1) is 8.71. The molecule has 0 bridgehead atoms. The van der Waals surface area contributed by atoms with Crippen LogP contribution in [0.25, 0.3) is 0 Å². The summed E-state index contributed by atoms with van der Waals surface area (Å²) < 4.78 is 16.5. The molecule has 1 rings (SSSR count). The molecule has 5 heteroatoms. The molecular formula is C13H20BrNO3. The Morgan fingerprint density at radius 2 is 1.94 bits per heavy atom. The Morgan fingerprint density at radius 1 is 1.22 bits per heavy atom. The summed E-state index contributed by atoms with van der Waals surface area (Å²) in [4.78, 5) is 0.